The zero-order valence-electron chi connectivity index (χ0n) is 10.2. The number of hydrogen-bond donors (Lipinski definition) is 1. The van der Waals surface area contributed by atoms with Gasteiger partial charge in [0.15, 0.2) is 0 Å². The highest BCUT2D eigenvalue weighted by atomic mass is 16.6. The lowest BCUT2D eigenvalue weighted by molar-refractivity contribution is -0.385. The first-order valence-corrected chi connectivity index (χ1v) is 6.00. The number of nitro groups is 1. The van der Waals surface area contributed by atoms with Gasteiger partial charge in [-0.25, -0.2) is 0 Å². The summed E-state index contributed by atoms with van der Waals surface area (Å²) in [7, 11) is 1.93. The van der Waals surface area contributed by atoms with Crippen LogP contribution in [0.1, 0.15) is 24.0 Å². The molecule has 94 valence electrons. The van der Waals surface area contributed by atoms with Crippen molar-refractivity contribution >= 4 is 5.69 Å². The van der Waals surface area contributed by atoms with Gasteiger partial charge in [-0.1, -0.05) is 6.07 Å². The van der Waals surface area contributed by atoms with Crippen molar-refractivity contribution in [3.63, 3.8) is 0 Å². The van der Waals surface area contributed by atoms with Crippen LogP contribution in [0.4, 0.5) is 5.69 Å². The fourth-order valence-electron chi connectivity index (χ4n) is 2.22. The highest BCUT2D eigenvalue weighted by Gasteiger charge is 2.30. The van der Waals surface area contributed by atoms with Gasteiger partial charge in [0.05, 0.1) is 4.92 Å². The molecule has 1 N–H and O–H groups in total. The molecule has 1 aliphatic rings. The Labute approximate surface area is 106 Å². The van der Waals surface area contributed by atoms with Crippen LogP contribution in [-0.4, -0.2) is 18.0 Å². The van der Waals surface area contributed by atoms with E-state index in [1.807, 2.05) is 13.1 Å². The van der Waals surface area contributed by atoms with E-state index in [0.29, 0.717) is 12.0 Å². The van der Waals surface area contributed by atoms with Gasteiger partial charge in [-0.2, -0.15) is 5.26 Å². The highest BCUT2D eigenvalue weighted by molar-refractivity contribution is 5.50. The van der Waals surface area contributed by atoms with Crippen LogP contribution < -0.4 is 5.32 Å². The molecule has 0 radical (unpaired) electrons. The van der Waals surface area contributed by atoms with E-state index in [1.54, 1.807) is 12.1 Å². The molecular weight excluding hydrogens is 230 g/mol. The van der Waals surface area contributed by atoms with E-state index < -0.39 is 4.92 Å². The van der Waals surface area contributed by atoms with Gasteiger partial charge in [0.1, 0.15) is 11.6 Å². The molecule has 5 heteroatoms. The number of nitrogens with zero attached hydrogens (tertiary/aromatic N) is 2. The van der Waals surface area contributed by atoms with Gasteiger partial charge in [-0.3, -0.25) is 10.1 Å². The second-order valence-corrected chi connectivity index (χ2v) is 4.66. The van der Waals surface area contributed by atoms with Crippen LogP contribution in [0.2, 0.25) is 0 Å². The minimum Gasteiger partial charge on any atom is -0.316 e. The number of rotatable bonds is 5. The summed E-state index contributed by atoms with van der Waals surface area (Å²) in [6.07, 6.45) is 3.29. The summed E-state index contributed by atoms with van der Waals surface area (Å²) in [6, 6.07) is 7.09. The molecule has 0 aliphatic heterocycles. The maximum Gasteiger partial charge on any atom is 0.287 e. The van der Waals surface area contributed by atoms with Crippen LogP contribution in [-0.2, 0) is 6.42 Å². The predicted octanol–water partition coefficient (Wildman–Crippen LogP) is 2.01. The summed E-state index contributed by atoms with van der Waals surface area (Å²) < 4.78 is 0. The fraction of sp³-hybridized carbons (Fsp3) is 0.462. The lowest BCUT2D eigenvalue weighted by Crippen LogP contribution is -2.29. The molecule has 0 heterocycles. The molecule has 1 aliphatic carbocycles. The molecule has 1 aromatic carbocycles. The first-order chi connectivity index (χ1) is 8.65. The Morgan fingerprint density at radius 2 is 2.33 bits per heavy atom. The molecule has 1 aromatic rings. The lowest BCUT2D eigenvalue weighted by Gasteiger charge is -2.15. The maximum absolute atomic E-state index is 10.7. The molecule has 1 atom stereocenters. The average Bonchev–Trinajstić information content (AvgIpc) is 3.19. The van der Waals surface area contributed by atoms with Gasteiger partial charge in [0.2, 0.25) is 0 Å². The van der Waals surface area contributed by atoms with Gasteiger partial charge >= 0.3 is 0 Å². The SMILES string of the molecule is CNC(Cc1ccc([N+](=O)[O-])c(C#N)c1)C1CC1. The van der Waals surface area contributed by atoms with E-state index in [9.17, 15) is 10.1 Å². The molecule has 0 spiro atoms. The summed E-state index contributed by atoms with van der Waals surface area (Å²) >= 11 is 0. The number of nitro benzene ring substituents is 1. The van der Waals surface area contributed by atoms with E-state index in [4.69, 9.17) is 5.26 Å². The predicted molar refractivity (Wildman–Crippen MR) is 67.1 cm³/mol. The Bertz CT molecular complexity index is 503. The lowest BCUT2D eigenvalue weighted by atomic mass is 10.00. The monoisotopic (exact) mass is 245 g/mol. The maximum atomic E-state index is 10.7. The molecular formula is C13H15N3O2. The second kappa shape index (κ2) is 5.15. The summed E-state index contributed by atoms with van der Waals surface area (Å²) in [5.41, 5.74) is 1.00. The van der Waals surface area contributed by atoms with Gasteiger partial charge in [-0.15, -0.1) is 0 Å². The van der Waals surface area contributed by atoms with Crippen LogP contribution in [0.5, 0.6) is 0 Å². The number of likely N-dealkylation sites (N-methyl/N-ethyl adjacent to an activating group) is 1. The normalized spacial score (nSPS) is 16.0. The van der Waals surface area contributed by atoms with E-state index in [2.05, 4.69) is 5.32 Å². The number of nitriles is 1. The van der Waals surface area contributed by atoms with E-state index in [1.165, 1.54) is 18.9 Å². The standard InChI is InChI=1S/C13H15N3O2/c1-15-12(10-3-4-10)7-9-2-5-13(16(17)18)11(6-9)8-14/h2,5-6,10,12,15H,3-4,7H2,1H3. The third-order valence-electron chi connectivity index (χ3n) is 3.40. The molecule has 0 saturated heterocycles. The van der Waals surface area contributed by atoms with Crippen LogP contribution in [0.3, 0.4) is 0 Å². The second-order valence-electron chi connectivity index (χ2n) is 4.66. The van der Waals surface area contributed by atoms with Crippen molar-refractivity contribution in [2.75, 3.05) is 7.05 Å². The van der Waals surface area contributed by atoms with Crippen LogP contribution >= 0.6 is 0 Å². The molecule has 0 bridgehead atoms. The van der Waals surface area contributed by atoms with Gasteiger partial charge in [0.25, 0.3) is 5.69 Å². The van der Waals surface area contributed by atoms with Crippen molar-refractivity contribution in [2.24, 2.45) is 5.92 Å². The zero-order valence-corrected chi connectivity index (χ0v) is 10.2. The minimum absolute atomic E-state index is 0.117. The number of nitrogens with one attached hydrogen (secondary N) is 1. The molecule has 1 fully saturated rings. The van der Waals surface area contributed by atoms with Gasteiger partial charge in [-0.05, 0) is 43.9 Å². The van der Waals surface area contributed by atoms with Crippen molar-refractivity contribution in [2.45, 2.75) is 25.3 Å². The van der Waals surface area contributed by atoms with Crippen molar-refractivity contribution < 1.29 is 4.92 Å². The Morgan fingerprint density at radius 1 is 1.61 bits per heavy atom. The smallest absolute Gasteiger partial charge is 0.287 e. The third kappa shape index (κ3) is 2.66. The van der Waals surface area contributed by atoms with Gasteiger partial charge < -0.3 is 5.32 Å². The molecule has 18 heavy (non-hydrogen) atoms. The van der Waals surface area contributed by atoms with E-state index >= 15 is 0 Å². The van der Waals surface area contributed by atoms with E-state index in [0.717, 1.165) is 12.0 Å². The topological polar surface area (TPSA) is 79.0 Å². The molecule has 1 saturated carbocycles. The van der Waals surface area contributed by atoms with Crippen molar-refractivity contribution in [1.29, 1.82) is 5.26 Å². The average molecular weight is 245 g/mol. The summed E-state index contributed by atoms with van der Waals surface area (Å²) in [6.45, 7) is 0. The molecule has 0 amide bonds. The van der Waals surface area contributed by atoms with Crippen LogP contribution in [0.15, 0.2) is 18.2 Å². The molecule has 5 nitrogen and oxygen atoms in total. The van der Waals surface area contributed by atoms with Crippen molar-refractivity contribution in [1.82, 2.24) is 5.32 Å². The van der Waals surface area contributed by atoms with E-state index in [-0.39, 0.29) is 11.3 Å². The number of benzene rings is 1. The van der Waals surface area contributed by atoms with Crippen LogP contribution in [0, 0.1) is 27.4 Å². The zero-order chi connectivity index (χ0) is 13.1. The quantitative estimate of drug-likeness (QED) is 0.635. The summed E-state index contributed by atoms with van der Waals surface area (Å²) in [5, 5.41) is 22.9. The summed E-state index contributed by atoms with van der Waals surface area (Å²) in [5.74, 6) is 0.704. The van der Waals surface area contributed by atoms with Crippen LogP contribution in [0.25, 0.3) is 0 Å². The Balaban J connectivity index is 2.19. The number of hydrogen-bond acceptors (Lipinski definition) is 4. The largest absolute Gasteiger partial charge is 0.316 e. The van der Waals surface area contributed by atoms with Crippen molar-refractivity contribution in [3.8, 4) is 6.07 Å². The Morgan fingerprint density at radius 3 is 2.83 bits per heavy atom. The molecule has 1 unspecified atom stereocenters. The first-order valence-electron chi connectivity index (χ1n) is 6.00. The Hall–Kier alpha value is -1.93. The summed E-state index contributed by atoms with van der Waals surface area (Å²) in [4.78, 5) is 10.2. The van der Waals surface area contributed by atoms with Crippen molar-refractivity contribution in [3.05, 3.63) is 39.4 Å². The first kappa shape index (κ1) is 12.5. The van der Waals surface area contributed by atoms with Gasteiger partial charge in [0, 0.05) is 12.1 Å². The third-order valence-corrected chi connectivity index (χ3v) is 3.40. The fourth-order valence-corrected chi connectivity index (χ4v) is 2.22. The molecule has 2 rings (SSSR count). The Kier molecular flexibility index (Phi) is 3.58. The minimum atomic E-state index is -0.515. The highest BCUT2D eigenvalue weighted by Crippen LogP contribution is 2.34. The molecule has 0 aromatic heterocycles.